The molecule has 2 N–H and O–H groups in total. The first kappa shape index (κ1) is 17.1. The average Bonchev–Trinajstić information content (AvgIpc) is 2.59. The fourth-order valence-corrected chi connectivity index (χ4v) is 2.00. The summed E-state index contributed by atoms with van der Waals surface area (Å²) in [4.78, 5) is 23.4. The van der Waals surface area contributed by atoms with E-state index in [9.17, 15) is 19.8 Å². The lowest BCUT2D eigenvalue weighted by molar-refractivity contribution is -0.155. The molecule has 0 aliphatic rings. The highest BCUT2D eigenvalue weighted by atomic mass is 16.7. The van der Waals surface area contributed by atoms with Crippen molar-refractivity contribution in [1.82, 2.24) is 0 Å². The summed E-state index contributed by atoms with van der Waals surface area (Å²) >= 11 is 0. The third-order valence-corrected chi connectivity index (χ3v) is 3.14. The number of phenols is 2. The molecular weight excluding hydrogens is 312 g/mol. The van der Waals surface area contributed by atoms with E-state index in [1.54, 1.807) is 30.3 Å². The molecule has 0 aromatic heterocycles. The van der Waals surface area contributed by atoms with E-state index >= 15 is 0 Å². The number of hydrogen-bond donors (Lipinski definition) is 2. The van der Waals surface area contributed by atoms with E-state index in [1.807, 2.05) is 0 Å². The molecule has 0 bridgehead atoms. The Kier molecular flexibility index (Phi) is 5.21. The molecule has 0 saturated heterocycles. The lowest BCUT2D eigenvalue weighted by Gasteiger charge is -2.16. The van der Waals surface area contributed by atoms with Gasteiger partial charge in [-0.2, -0.15) is 0 Å². The molecule has 0 aliphatic heterocycles. The quantitative estimate of drug-likeness (QED) is 0.278. The lowest BCUT2D eigenvalue weighted by atomic mass is 10.0. The Morgan fingerprint density at radius 3 is 2.38 bits per heavy atom. The largest absolute Gasteiger partial charge is 0.504 e. The van der Waals surface area contributed by atoms with Gasteiger partial charge in [0.15, 0.2) is 17.3 Å². The number of ether oxygens (including phenoxy) is 2. The van der Waals surface area contributed by atoms with Gasteiger partial charge in [0.25, 0.3) is 0 Å². The van der Waals surface area contributed by atoms with Crippen LogP contribution in [0.1, 0.15) is 22.8 Å². The fraction of sp³-hybridized carbons (Fsp3) is 0.111. The van der Waals surface area contributed by atoms with Gasteiger partial charge in [-0.05, 0) is 12.1 Å². The van der Waals surface area contributed by atoms with Gasteiger partial charge in [0, 0.05) is 18.6 Å². The van der Waals surface area contributed by atoms with Crippen molar-refractivity contribution in [2.45, 2.75) is 13.2 Å². The molecule has 1 unspecified atom stereocenters. The maximum Gasteiger partial charge on any atom is 0.333 e. The smallest absolute Gasteiger partial charge is 0.333 e. The number of carbonyl (C=O) groups is 2. The maximum atomic E-state index is 12.3. The summed E-state index contributed by atoms with van der Waals surface area (Å²) in [6, 6.07) is 11.0. The molecule has 124 valence electrons. The SMILES string of the molecule is C=CC(=O)OC(C)Oc1ccc(C(=O)c2ccccc2)c(O)c1O. The number of hydrogen-bond acceptors (Lipinski definition) is 6. The van der Waals surface area contributed by atoms with Crippen molar-refractivity contribution in [3.63, 3.8) is 0 Å². The minimum absolute atomic E-state index is 0.0678. The van der Waals surface area contributed by atoms with Crippen LogP contribution < -0.4 is 4.74 Å². The normalized spacial score (nSPS) is 11.4. The zero-order valence-corrected chi connectivity index (χ0v) is 12.9. The van der Waals surface area contributed by atoms with Gasteiger partial charge in [-0.1, -0.05) is 36.9 Å². The summed E-state index contributed by atoms with van der Waals surface area (Å²) in [5.41, 5.74) is 0.302. The highest BCUT2D eigenvalue weighted by Crippen LogP contribution is 2.39. The second-order valence-corrected chi connectivity index (χ2v) is 4.83. The lowest BCUT2D eigenvalue weighted by Crippen LogP contribution is -2.19. The molecule has 0 spiro atoms. The number of carbonyl (C=O) groups excluding carboxylic acids is 2. The Hall–Kier alpha value is -3.28. The van der Waals surface area contributed by atoms with Crippen molar-refractivity contribution in [3.8, 4) is 17.2 Å². The minimum atomic E-state index is -1.02. The minimum Gasteiger partial charge on any atom is -0.504 e. The van der Waals surface area contributed by atoms with Crippen LogP contribution in [0.15, 0.2) is 55.1 Å². The van der Waals surface area contributed by atoms with Crippen molar-refractivity contribution >= 4 is 11.8 Å². The molecule has 6 heteroatoms. The average molecular weight is 328 g/mol. The maximum absolute atomic E-state index is 12.3. The number of rotatable bonds is 6. The van der Waals surface area contributed by atoms with Crippen LogP contribution in [0.3, 0.4) is 0 Å². The Balaban J connectivity index is 2.24. The van der Waals surface area contributed by atoms with Crippen molar-refractivity contribution in [1.29, 1.82) is 0 Å². The highest BCUT2D eigenvalue weighted by Gasteiger charge is 2.21. The predicted molar refractivity (Wildman–Crippen MR) is 86.0 cm³/mol. The predicted octanol–water partition coefficient (Wildman–Crippen LogP) is 2.78. The number of phenolic OH excluding ortho intramolecular Hbond substituents is 2. The number of ketones is 1. The van der Waals surface area contributed by atoms with E-state index in [4.69, 9.17) is 9.47 Å². The molecule has 24 heavy (non-hydrogen) atoms. The van der Waals surface area contributed by atoms with Crippen LogP contribution in [-0.4, -0.2) is 28.3 Å². The summed E-state index contributed by atoms with van der Waals surface area (Å²) in [7, 11) is 0. The van der Waals surface area contributed by atoms with E-state index in [0.717, 1.165) is 6.08 Å². The molecule has 2 rings (SSSR count). The number of esters is 1. The van der Waals surface area contributed by atoms with Crippen LogP contribution in [0.5, 0.6) is 17.2 Å². The van der Waals surface area contributed by atoms with Crippen LogP contribution in [0.4, 0.5) is 0 Å². The van der Waals surface area contributed by atoms with Crippen LogP contribution in [-0.2, 0) is 9.53 Å². The van der Waals surface area contributed by atoms with E-state index in [2.05, 4.69) is 6.58 Å². The molecule has 0 fully saturated rings. The Morgan fingerprint density at radius 1 is 1.08 bits per heavy atom. The highest BCUT2D eigenvalue weighted by molar-refractivity contribution is 6.11. The van der Waals surface area contributed by atoms with Crippen molar-refractivity contribution in [3.05, 3.63) is 66.2 Å². The third kappa shape index (κ3) is 3.73. The van der Waals surface area contributed by atoms with Gasteiger partial charge in [0.05, 0.1) is 5.56 Å². The molecular formula is C18H16O6. The van der Waals surface area contributed by atoms with Crippen LogP contribution in [0.25, 0.3) is 0 Å². The number of aromatic hydroxyl groups is 2. The van der Waals surface area contributed by atoms with Crippen molar-refractivity contribution in [2.24, 2.45) is 0 Å². The van der Waals surface area contributed by atoms with Gasteiger partial charge in [0.2, 0.25) is 12.0 Å². The zero-order valence-electron chi connectivity index (χ0n) is 12.9. The van der Waals surface area contributed by atoms with E-state index in [0.29, 0.717) is 5.56 Å². The zero-order chi connectivity index (χ0) is 17.7. The van der Waals surface area contributed by atoms with Gasteiger partial charge < -0.3 is 19.7 Å². The fourth-order valence-electron chi connectivity index (χ4n) is 2.00. The van der Waals surface area contributed by atoms with Gasteiger partial charge in [0.1, 0.15) is 0 Å². The van der Waals surface area contributed by atoms with E-state index < -0.39 is 29.5 Å². The third-order valence-electron chi connectivity index (χ3n) is 3.14. The van der Waals surface area contributed by atoms with Gasteiger partial charge in [-0.15, -0.1) is 0 Å². The van der Waals surface area contributed by atoms with Gasteiger partial charge in [-0.25, -0.2) is 4.79 Å². The summed E-state index contributed by atoms with van der Waals surface area (Å²) in [5.74, 6) is -2.48. The number of benzene rings is 2. The summed E-state index contributed by atoms with van der Waals surface area (Å²) in [6.07, 6.45) is -0.0461. The summed E-state index contributed by atoms with van der Waals surface area (Å²) in [6.45, 7) is 4.69. The molecule has 0 amide bonds. The molecule has 0 aliphatic carbocycles. The van der Waals surface area contributed by atoms with Crippen LogP contribution >= 0.6 is 0 Å². The molecule has 0 radical (unpaired) electrons. The Labute approximate surface area is 138 Å². The van der Waals surface area contributed by atoms with E-state index in [-0.39, 0.29) is 11.3 Å². The van der Waals surface area contributed by atoms with Crippen LogP contribution in [0, 0.1) is 0 Å². The first-order valence-electron chi connectivity index (χ1n) is 7.08. The topological polar surface area (TPSA) is 93.1 Å². The van der Waals surface area contributed by atoms with Gasteiger partial charge in [-0.3, -0.25) is 4.79 Å². The first-order valence-corrected chi connectivity index (χ1v) is 7.08. The Bertz CT molecular complexity index is 767. The van der Waals surface area contributed by atoms with Gasteiger partial charge >= 0.3 is 5.97 Å². The van der Waals surface area contributed by atoms with Crippen molar-refractivity contribution < 1.29 is 29.3 Å². The Morgan fingerprint density at radius 2 is 1.75 bits per heavy atom. The monoisotopic (exact) mass is 328 g/mol. The summed E-state index contributed by atoms with van der Waals surface area (Å²) in [5, 5.41) is 20.1. The standard InChI is InChI=1S/C18H16O6/c1-3-15(19)24-11(2)23-14-10-9-13(17(21)18(14)22)16(20)12-7-5-4-6-8-12/h3-11,21-22H,1H2,2H3. The first-order chi connectivity index (χ1) is 11.4. The van der Waals surface area contributed by atoms with Crippen LogP contribution in [0.2, 0.25) is 0 Å². The molecule has 2 aromatic carbocycles. The molecule has 2 aromatic rings. The van der Waals surface area contributed by atoms with Crippen molar-refractivity contribution in [2.75, 3.05) is 0 Å². The second-order valence-electron chi connectivity index (χ2n) is 4.83. The molecule has 1 atom stereocenters. The molecule has 0 saturated carbocycles. The summed E-state index contributed by atoms with van der Waals surface area (Å²) < 4.78 is 10.0. The van der Waals surface area contributed by atoms with E-state index in [1.165, 1.54) is 19.1 Å². The molecule has 0 heterocycles. The molecule has 6 nitrogen and oxygen atoms in total. The second kappa shape index (κ2) is 7.32.